The Bertz CT molecular complexity index is 277. The molecule has 3 N–H and O–H groups in total. The molecule has 0 atom stereocenters. The van der Waals surface area contributed by atoms with E-state index in [-0.39, 0.29) is 5.69 Å². The average Bonchev–Trinajstić information content (AvgIpc) is 2.47. The molecular formula is C6H13N5O. The van der Waals surface area contributed by atoms with Crippen molar-refractivity contribution in [1.82, 2.24) is 20.5 Å². The first-order chi connectivity index (χ1) is 5.74. The molecule has 0 saturated heterocycles. The van der Waals surface area contributed by atoms with Crippen LogP contribution in [0.5, 0.6) is 0 Å². The van der Waals surface area contributed by atoms with Gasteiger partial charge in [-0.2, -0.15) is 0 Å². The van der Waals surface area contributed by atoms with Gasteiger partial charge in [0.15, 0.2) is 0 Å². The molecule has 1 rings (SSSR count). The zero-order valence-corrected chi connectivity index (χ0v) is 7.22. The number of H-pyrrole nitrogens is 2. The lowest BCUT2D eigenvalue weighted by Crippen LogP contribution is -2.28. The van der Waals surface area contributed by atoms with Gasteiger partial charge in [0, 0.05) is 20.1 Å². The van der Waals surface area contributed by atoms with Gasteiger partial charge in [-0.3, -0.25) is 4.98 Å². The van der Waals surface area contributed by atoms with Crippen molar-refractivity contribution in [1.29, 1.82) is 0 Å². The van der Waals surface area contributed by atoms with Crippen LogP contribution >= 0.6 is 0 Å². The second-order valence-corrected chi connectivity index (χ2v) is 2.53. The van der Waals surface area contributed by atoms with E-state index in [0.29, 0.717) is 5.95 Å². The molecule has 68 valence electrons. The Morgan fingerprint density at radius 3 is 2.92 bits per heavy atom. The fourth-order valence-electron chi connectivity index (χ4n) is 0.827. The molecule has 12 heavy (non-hydrogen) atoms. The third-order valence-corrected chi connectivity index (χ3v) is 1.55. The van der Waals surface area contributed by atoms with Gasteiger partial charge in [0.1, 0.15) is 0 Å². The summed E-state index contributed by atoms with van der Waals surface area (Å²) >= 11 is 0. The van der Waals surface area contributed by atoms with Gasteiger partial charge in [-0.1, -0.05) is 0 Å². The van der Waals surface area contributed by atoms with Crippen molar-refractivity contribution in [3.63, 3.8) is 0 Å². The van der Waals surface area contributed by atoms with E-state index in [4.69, 9.17) is 0 Å². The fourth-order valence-corrected chi connectivity index (χ4v) is 0.827. The molecule has 0 aliphatic carbocycles. The van der Waals surface area contributed by atoms with Crippen LogP contribution in [-0.2, 0) is 0 Å². The fraction of sp³-hybridized carbons (Fsp3) is 0.667. The Morgan fingerprint density at radius 2 is 2.42 bits per heavy atom. The highest BCUT2D eigenvalue weighted by molar-refractivity contribution is 5.24. The molecule has 6 heteroatoms. The topological polar surface area (TPSA) is 76.8 Å². The van der Waals surface area contributed by atoms with Crippen LogP contribution in [0.15, 0.2) is 4.79 Å². The summed E-state index contributed by atoms with van der Waals surface area (Å²) in [5.41, 5.74) is -0.277. The Kier molecular flexibility index (Phi) is 2.87. The van der Waals surface area contributed by atoms with E-state index in [2.05, 4.69) is 20.5 Å². The lowest BCUT2D eigenvalue weighted by Gasteiger charge is -2.13. The standard InChI is InChI=1S/C6H13N5O/c1-7-3-4-11(2)5-8-6(12)10-9-5/h7H,3-4H2,1-2H3,(H2,8,9,10,12). The van der Waals surface area contributed by atoms with Gasteiger partial charge in [-0.15, -0.1) is 5.10 Å². The first-order valence-electron chi connectivity index (χ1n) is 3.74. The van der Waals surface area contributed by atoms with E-state index in [9.17, 15) is 4.79 Å². The number of nitrogens with one attached hydrogen (secondary N) is 3. The molecule has 0 bridgehead atoms. The summed E-state index contributed by atoms with van der Waals surface area (Å²) in [5, 5.41) is 9.08. The predicted octanol–water partition coefficient (Wildman–Crippen LogP) is -1.25. The van der Waals surface area contributed by atoms with Crippen LogP contribution in [0.25, 0.3) is 0 Å². The second kappa shape index (κ2) is 3.91. The van der Waals surface area contributed by atoms with Gasteiger partial charge in [0.05, 0.1) is 0 Å². The summed E-state index contributed by atoms with van der Waals surface area (Å²) in [6, 6.07) is 0. The molecule has 0 fully saturated rings. The summed E-state index contributed by atoms with van der Waals surface area (Å²) in [5.74, 6) is 0.565. The maximum Gasteiger partial charge on any atom is 0.342 e. The Labute approximate surface area is 70.0 Å². The molecule has 1 heterocycles. The van der Waals surface area contributed by atoms with Crippen LogP contribution in [0.4, 0.5) is 5.95 Å². The minimum Gasteiger partial charge on any atom is -0.343 e. The summed E-state index contributed by atoms with van der Waals surface area (Å²) in [7, 11) is 3.74. The molecule has 0 aromatic carbocycles. The maximum atomic E-state index is 10.7. The van der Waals surface area contributed by atoms with Crippen LogP contribution in [0.3, 0.4) is 0 Å². The molecule has 0 radical (unpaired) electrons. The number of nitrogens with zero attached hydrogens (tertiary/aromatic N) is 2. The van der Waals surface area contributed by atoms with Gasteiger partial charge in [-0.05, 0) is 7.05 Å². The van der Waals surface area contributed by atoms with Gasteiger partial charge >= 0.3 is 5.69 Å². The van der Waals surface area contributed by atoms with Crippen molar-refractivity contribution < 1.29 is 0 Å². The van der Waals surface area contributed by atoms with Crippen LogP contribution < -0.4 is 15.9 Å². The van der Waals surface area contributed by atoms with Gasteiger partial charge < -0.3 is 10.2 Å². The number of aromatic nitrogens is 3. The van der Waals surface area contributed by atoms with Gasteiger partial charge in [0.25, 0.3) is 0 Å². The van der Waals surface area contributed by atoms with E-state index < -0.39 is 0 Å². The van der Waals surface area contributed by atoms with Crippen LogP contribution in [0.2, 0.25) is 0 Å². The molecular weight excluding hydrogens is 158 g/mol. The number of anilines is 1. The Balaban J connectivity index is 2.53. The van der Waals surface area contributed by atoms with Crippen molar-refractivity contribution >= 4 is 5.95 Å². The first-order valence-corrected chi connectivity index (χ1v) is 3.74. The van der Waals surface area contributed by atoms with Crippen molar-refractivity contribution in [2.75, 3.05) is 32.1 Å². The number of likely N-dealkylation sites (N-methyl/N-ethyl adjacent to an activating group) is 2. The van der Waals surface area contributed by atoms with Crippen molar-refractivity contribution in [2.45, 2.75) is 0 Å². The molecule has 1 aromatic rings. The summed E-state index contributed by atoms with van der Waals surface area (Å²) < 4.78 is 0. The third-order valence-electron chi connectivity index (χ3n) is 1.55. The highest BCUT2D eigenvalue weighted by atomic mass is 16.1. The predicted molar refractivity (Wildman–Crippen MR) is 46.4 cm³/mol. The normalized spacial score (nSPS) is 10.2. The van der Waals surface area contributed by atoms with E-state index in [1.807, 2.05) is 19.0 Å². The quantitative estimate of drug-likeness (QED) is 0.529. The lowest BCUT2D eigenvalue weighted by molar-refractivity contribution is 0.754. The Hall–Kier alpha value is -1.30. The number of aromatic amines is 2. The SMILES string of the molecule is CNCCN(C)c1n[nH]c(=O)[nH]1. The third kappa shape index (κ3) is 2.09. The summed E-state index contributed by atoms with van der Waals surface area (Å²) in [4.78, 5) is 15.1. The maximum absolute atomic E-state index is 10.7. The van der Waals surface area contributed by atoms with Crippen molar-refractivity contribution in [3.8, 4) is 0 Å². The molecule has 0 aliphatic rings. The first kappa shape index (κ1) is 8.79. The molecule has 1 aromatic heterocycles. The van der Waals surface area contributed by atoms with E-state index >= 15 is 0 Å². The Morgan fingerprint density at radius 1 is 1.67 bits per heavy atom. The van der Waals surface area contributed by atoms with E-state index in [0.717, 1.165) is 13.1 Å². The van der Waals surface area contributed by atoms with Crippen LogP contribution in [0, 0.1) is 0 Å². The molecule has 0 unspecified atom stereocenters. The van der Waals surface area contributed by atoms with Crippen molar-refractivity contribution in [2.24, 2.45) is 0 Å². The smallest absolute Gasteiger partial charge is 0.342 e. The second-order valence-electron chi connectivity index (χ2n) is 2.53. The molecule has 0 amide bonds. The molecule has 6 nitrogen and oxygen atoms in total. The molecule has 0 spiro atoms. The minimum atomic E-state index is -0.277. The highest BCUT2D eigenvalue weighted by Crippen LogP contribution is 1.96. The van der Waals surface area contributed by atoms with Crippen molar-refractivity contribution in [3.05, 3.63) is 10.5 Å². The van der Waals surface area contributed by atoms with E-state index in [1.54, 1.807) is 0 Å². The summed E-state index contributed by atoms with van der Waals surface area (Å²) in [6.07, 6.45) is 0. The highest BCUT2D eigenvalue weighted by Gasteiger charge is 2.02. The molecule has 0 saturated carbocycles. The summed E-state index contributed by atoms with van der Waals surface area (Å²) in [6.45, 7) is 1.66. The van der Waals surface area contributed by atoms with E-state index in [1.165, 1.54) is 0 Å². The van der Waals surface area contributed by atoms with Gasteiger partial charge in [0.2, 0.25) is 5.95 Å². The largest absolute Gasteiger partial charge is 0.343 e. The van der Waals surface area contributed by atoms with Crippen LogP contribution in [-0.4, -0.2) is 42.4 Å². The zero-order chi connectivity index (χ0) is 8.97. The van der Waals surface area contributed by atoms with Gasteiger partial charge in [-0.25, -0.2) is 9.89 Å². The number of hydrogen-bond donors (Lipinski definition) is 3. The lowest BCUT2D eigenvalue weighted by atomic mass is 10.6. The average molecular weight is 171 g/mol. The number of hydrogen-bond acceptors (Lipinski definition) is 4. The van der Waals surface area contributed by atoms with Crippen LogP contribution in [0.1, 0.15) is 0 Å². The monoisotopic (exact) mass is 171 g/mol. The minimum absolute atomic E-state index is 0.277. The number of rotatable bonds is 4. The molecule has 0 aliphatic heterocycles. The zero-order valence-electron chi connectivity index (χ0n) is 7.22.